The van der Waals surface area contributed by atoms with Crippen molar-refractivity contribution < 1.29 is 9.59 Å². The van der Waals surface area contributed by atoms with Gasteiger partial charge in [0, 0.05) is 10.7 Å². The zero-order valence-corrected chi connectivity index (χ0v) is 14.8. The number of halogens is 1. The van der Waals surface area contributed by atoms with E-state index in [2.05, 4.69) is 25.6 Å². The van der Waals surface area contributed by atoms with Crippen LogP contribution >= 0.6 is 11.6 Å². The van der Waals surface area contributed by atoms with Gasteiger partial charge in [-0.3, -0.25) is 9.69 Å². The molecule has 1 aromatic carbocycles. The molecule has 0 saturated carbocycles. The van der Waals surface area contributed by atoms with Crippen molar-refractivity contribution in [1.82, 2.24) is 25.2 Å². The summed E-state index contributed by atoms with van der Waals surface area (Å²) in [4.78, 5) is 37.7. The smallest absolute Gasteiger partial charge is 0.325 e. The van der Waals surface area contributed by atoms with E-state index in [9.17, 15) is 9.59 Å². The number of anilines is 3. The normalized spacial score (nSPS) is 16.7. The number of imide groups is 1. The second-order valence-electron chi connectivity index (χ2n) is 5.78. The minimum atomic E-state index is -0.502. The molecule has 1 aromatic heterocycles. The number of urea groups is 1. The fourth-order valence-corrected chi connectivity index (χ4v) is 2.71. The average molecular weight is 376 g/mol. The first-order valence-electron chi connectivity index (χ1n) is 8.11. The lowest BCUT2D eigenvalue weighted by Crippen LogP contribution is -2.32. The topological polar surface area (TPSA) is 126 Å². The first-order valence-corrected chi connectivity index (χ1v) is 8.49. The Morgan fingerprint density at radius 1 is 1.23 bits per heavy atom. The SMILES string of the molecule is CCCC1NC(=O)N(Cc2nc(N)nc(Nc3ccc(Cl)cc3)n2)C1=O. The first kappa shape index (κ1) is 17.9. The second kappa shape index (κ2) is 7.52. The van der Waals surface area contributed by atoms with E-state index in [4.69, 9.17) is 17.3 Å². The third-order valence-electron chi connectivity index (χ3n) is 3.78. The molecule has 0 bridgehead atoms. The Morgan fingerprint density at radius 2 is 1.96 bits per heavy atom. The standard InChI is InChI=1S/C16H18ClN7O2/c1-2-3-11-13(25)24(16(26)20-11)8-12-21-14(18)23-15(22-12)19-10-6-4-9(17)5-7-10/h4-7,11H,2-3,8H2,1H3,(H,20,26)(H3,18,19,21,22,23). The van der Waals surface area contributed by atoms with Crippen molar-refractivity contribution in [3.63, 3.8) is 0 Å². The van der Waals surface area contributed by atoms with E-state index in [0.717, 1.165) is 11.3 Å². The molecule has 1 aliphatic heterocycles. The molecule has 26 heavy (non-hydrogen) atoms. The Morgan fingerprint density at radius 3 is 2.65 bits per heavy atom. The van der Waals surface area contributed by atoms with E-state index < -0.39 is 12.1 Å². The van der Waals surface area contributed by atoms with Crippen LogP contribution in [0.2, 0.25) is 5.02 Å². The summed E-state index contributed by atoms with van der Waals surface area (Å²) in [5.41, 5.74) is 6.44. The summed E-state index contributed by atoms with van der Waals surface area (Å²) in [7, 11) is 0. The lowest BCUT2D eigenvalue weighted by molar-refractivity contribution is -0.128. The zero-order chi connectivity index (χ0) is 18.7. The molecule has 9 nitrogen and oxygen atoms in total. The van der Waals surface area contributed by atoms with Gasteiger partial charge in [-0.25, -0.2) is 4.79 Å². The first-order chi connectivity index (χ1) is 12.5. The van der Waals surface area contributed by atoms with Gasteiger partial charge in [0.2, 0.25) is 11.9 Å². The number of nitrogen functional groups attached to an aromatic ring is 1. The monoisotopic (exact) mass is 375 g/mol. The summed E-state index contributed by atoms with van der Waals surface area (Å²) in [5.74, 6) is 0.133. The molecule has 4 N–H and O–H groups in total. The van der Waals surface area contributed by atoms with Gasteiger partial charge in [0.05, 0.1) is 6.54 Å². The molecule has 0 radical (unpaired) electrons. The highest BCUT2D eigenvalue weighted by Crippen LogP contribution is 2.18. The molecule has 3 amide bonds. The summed E-state index contributed by atoms with van der Waals surface area (Å²) >= 11 is 5.86. The molecular weight excluding hydrogens is 358 g/mol. The van der Waals surface area contributed by atoms with E-state index >= 15 is 0 Å². The fourth-order valence-electron chi connectivity index (χ4n) is 2.58. The molecular formula is C16H18ClN7O2. The predicted octanol–water partition coefficient (Wildman–Crippen LogP) is 2.07. The van der Waals surface area contributed by atoms with Crippen molar-refractivity contribution in [2.75, 3.05) is 11.1 Å². The van der Waals surface area contributed by atoms with Crippen molar-refractivity contribution in [3.05, 3.63) is 35.1 Å². The summed E-state index contributed by atoms with van der Waals surface area (Å²) in [5, 5.41) is 6.24. The van der Waals surface area contributed by atoms with Gasteiger partial charge in [-0.1, -0.05) is 24.9 Å². The number of nitrogens with zero attached hydrogens (tertiary/aromatic N) is 4. The molecule has 1 saturated heterocycles. The van der Waals surface area contributed by atoms with Gasteiger partial charge in [-0.05, 0) is 30.7 Å². The molecule has 0 aliphatic carbocycles. The quantitative estimate of drug-likeness (QED) is 0.659. The van der Waals surface area contributed by atoms with Crippen LogP contribution in [0.5, 0.6) is 0 Å². The van der Waals surface area contributed by atoms with Crippen LogP contribution in [0.25, 0.3) is 0 Å². The molecule has 2 aromatic rings. The summed E-state index contributed by atoms with van der Waals surface area (Å²) < 4.78 is 0. The lowest BCUT2D eigenvalue weighted by Gasteiger charge is -2.13. The number of hydrogen-bond acceptors (Lipinski definition) is 7. The van der Waals surface area contributed by atoms with Crippen LogP contribution in [0.3, 0.4) is 0 Å². The maximum atomic E-state index is 12.3. The maximum Gasteiger partial charge on any atom is 0.325 e. The summed E-state index contributed by atoms with van der Waals surface area (Å²) in [6.07, 6.45) is 1.38. The molecule has 1 unspecified atom stereocenters. The van der Waals surface area contributed by atoms with Gasteiger partial charge in [-0.15, -0.1) is 0 Å². The molecule has 2 heterocycles. The fraction of sp³-hybridized carbons (Fsp3) is 0.312. The minimum absolute atomic E-state index is 0.0105. The predicted molar refractivity (Wildman–Crippen MR) is 96.8 cm³/mol. The van der Waals surface area contributed by atoms with Gasteiger partial charge in [0.1, 0.15) is 6.04 Å². The summed E-state index contributed by atoms with van der Waals surface area (Å²) in [6, 6.07) is 5.99. The average Bonchev–Trinajstić information content (AvgIpc) is 2.84. The molecule has 136 valence electrons. The zero-order valence-electron chi connectivity index (χ0n) is 14.1. The molecule has 10 heteroatoms. The second-order valence-corrected chi connectivity index (χ2v) is 6.22. The number of nitrogens with one attached hydrogen (secondary N) is 2. The third-order valence-corrected chi connectivity index (χ3v) is 4.04. The molecule has 1 aliphatic rings. The Labute approximate surface area is 155 Å². The minimum Gasteiger partial charge on any atom is -0.368 e. The van der Waals surface area contributed by atoms with Crippen LogP contribution in [0, 0.1) is 0 Å². The number of carbonyl (C=O) groups is 2. The number of aromatic nitrogens is 3. The van der Waals surface area contributed by atoms with Gasteiger partial charge in [-0.2, -0.15) is 15.0 Å². The number of benzene rings is 1. The van der Waals surface area contributed by atoms with Crippen molar-refractivity contribution in [3.8, 4) is 0 Å². The molecule has 3 rings (SSSR count). The Kier molecular flexibility index (Phi) is 5.17. The van der Waals surface area contributed by atoms with Gasteiger partial charge in [0.15, 0.2) is 5.82 Å². The number of nitrogens with two attached hydrogens (primary N) is 1. The van der Waals surface area contributed by atoms with Crippen LogP contribution in [0.4, 0.5) is 22.4 Å². The Balaban J connectivity index is 1.76. The Bertz CT molecular complexity index is 828. The number of hydrogen-bond donors (Lipinski definition) is 3. The van der Waals surface area contributed by atoms with E-state index in [-0.39, 0.29) is 30.2 Å². The van der Waals surface area contributed by atoms with Gasteiger partial charge in [0.25, 0.3) is 5.91 Å². The maximum absolute atomic E-state index is 12.3. The van der Waals surface area contributed by atoms with Crippen molar-refractivity contribution in [2.24, 2.45) is 0 Å². The number of rotatable bonds is 6. The highest BCUT2D eigenvalue weighted by atomic mass is 35.5. The van der Waals surface area contributed by atoms with Crippen molar-refractivity contribution >= 4 is 41.1 Å². The third kappa shape index (κ3) is 3.99. The Hall–Kier alpha value is -2.94. The van der Waals surface area contributed by atoms with Crippen molar-refractivity contribution in [2.45, 2.75) is 32.4 Å². The molecule has 0 spiro atoms. The lowest BCUT2D eigenvalue weighted by atomic mass is 10.2. The molecule has 1 fully saturated rings. The van der Waals surface area contributed by atoms with E-state index in [1.807, 2.05) is 6.92 Å². The largest absolute Gasteiger partial charge is 0.368 e. The van der Waals surface area contributed by atoms with E-state index in [0.29, 0.717) is 17.1 Å². The highest BCUT2D eigenvalue weighted by Gasteiger charge is 2.37. The summed E-state index contributed by atoms with van der Waals surface area (Å²) in [6.45, 7) is 1.87. The van der Waals surface area contributed by atoms with Gasteiger partial charge < -0.3 is 16.4 Å². The van der Waals surface area contributed by atoms with Crippen LogP contribution in [-0.2, 0) is 11.3 Å². The van der Waals surface area contributed by atoms with Crippen molar-refractivity contribution in [1.29, 1.82) is 0 Å². The number of amides is 3. The van der Waals surface area contributed by atoms with E-state index in [1.165, 1.54) is 0 Å². The van der Waals surface area contributed by atoms with Crippen LogP contribution in [0.1, 0.15) is 25.6 Å². The number of carbonyl (C=O) groups excluding carboxylic acids is 2. The van der Waals surface area contributed by atoms with E-state index in [1.54, 1.807) is 24.3 Å². The van der Waals surface area contributed by atoms with Crippen LogP contribution in [-0.4, -0.2) is 37.8 Å². The molecule has 1 atom stereocenters. The highest BCUT2D eigenvalue weighted by molar-refractivity contribution is 6.30. The van der Waals surface area contributed by atoms with Gasteiger partial charge >= 0.3 is 6.03 Å². The van der Waals surface area contributed by atoms with Crippen LogP contribution in [0.15, 0.2) is 24.3 Å². The van der Waals surface area contributed by atoms with Crippen LogP contribution < -0.4 is 16.4 Å².